The average Bonchev–Trinajstić information content (AvgIpc) is 2.70. The van der Waals surface area contributed by atoms with Gasteiger partial charge in [0.2, 0.25) is 5.90 Å². The summed E-state index contributed by atoms with van der Waals surface area (Å²) in [6.07, 6.45) is 2.10. The van der Waals surface area contributed by atoms with E-state index in [1.165, 1.54) is 6.33 Å². The highest BCUT2D eigenvalue weighted by Crippen LogP contribution is 1.99. The molecular weight excluding hydrogens is 208 g/mol. The minimum Gasteiger partial charge on any atom is -0.480 e. The molecule has 1 heterocycles. The van der Waals surface area contributed by atoms with Gasteiger partial charge >= 0.3 is 0 Å². The summed E-state index contributed by atoms with van der Waals surface area (Å²) in [5.41, 5.74) is 3.46. The van der Waals surface area contributed by atoms with Crippen molar-refractivity contribution >= 4 is 11.8 Å². The monoisotopic (exact) mass is 224 g/mol. The molecule has 0 spiro atoms. The predicted octanol–water partition coefficient (Wildman–Crippen LogP) is 1.21. The van der Waals surface area contributed by atoms with Crippen LogP contribution in [0.25, 0.3) is 0 Å². The zero-order valence-corrected chi connectivity index (χ0v) is 9.70. The summed E-state index contributed by atoms with van der Waals surface area (Å²) in [7, 11) is 0. The summed E-state index contributed by atoms with van der Waals surface area (Å²) in [5, 5.41) is 3.87. The minimum atomic E-state index is -0.343. The van der Waals surface area contributed by atoms with Gasteiger partial charge in [-0.2, -0.15) is 0 Å². The summed E-state index contributed by atoms with van der Waals surface area (Å²) >= 11 is 0. The lowest BCUT2D eigenvalue weighted by Crippen LogP contribution is -2.21. The van der Waals surface area contributed by atoms with Crippen LogP contribution in [0.2, 0.25) is 0 Å². The van der Waals surface area contributed by atoms with Crippen LogP contribution < -0.4 is 5.43 Å². The van der Waals surface area contributed by atoms with Crippen molar-refractivity contribution in [1.82, 2.24) is 15.4 Å². The zero-order valence-electron chi connectivity index (χ0n) is 9.70. The quantitative estimate of drug-likeness (QED) is 0.458. The molecule has 0 atom stereocenters. The van der Waals surface area contributed by atoms with Gasteiger partial charge in [0, 0.05) is 12.1 Å². The number of nitrogens with one attached hydrogen (secondary N) is 2. The Hall–Kier alpha value is -1.85. The third-order valence-corrected chi connectivity index (χ3v) is 1.94. The summed E-state index contributed by atoms with van der Waals surface area (Å²) in [5.74, 6) is 0.161. The third-order valence-electron chi connectivity index (χ3n) is 1.94. The maximum Gasteiger partial charge on any atom is 0.291 e. The summed E-state index contributed by atoms with van der Waals surface area (Å²) in [6.45, 7) is 6.07. The molecule has 88 valence electrons. The third kappa shape index (κ3) is 3.08. The number of hydrogen-bond donors (Lipinski definition) is 2. The fourth-order valence-electron chi connectivity index (χ4n) is 1.13. The Bertz CT molecular complexity index is 384. The molecule has 0 saturated heterocycles. The molecule has 1 aromatic heterocycles. The van der Waals surface area contributed by atoms with E-state index in [4.69, 9.17) is 4.74 Å². The van der Waals surface area contributed by atoms with E-state index in [2.05, 4.69) is 20.5 Å². The van der Waals surface area contributed by atoms with Gasteiger partial charge in [-0.25, -0.2) is 10.4 Å². The number of H-pyrrole nitrogens is 1. The van der Waals surface area contributed by atoms with Crippen LogP contribution in [0.1, 0.15) is 36.5 Å². The van der Waals surface area contributed by atoms with Gasteiger partial charge in [-0.15, -0.1) is 5.10 Å². The number of aromatic nitrogens is 2. The van der Waals surface area contributed by atoms with E-state index in [-0.39, 0.29) is 5.91 Å². The van der Waals surface area contributed by atoms with Gasteiger partial charge in [-0.3, -0.25) is 4.79 Å². The molecule has 1 aromatic rings. The number of ether oxygens (including phenoxy) is 1. The van der Waals surface area contributed by atoms with Crippen LogP contribution in [0.4, 0.5) is 0 Å². The second-order valence-electron chi connectivity index (χ2n) is 3.11. The number of imidazole rings is 1. The standard InChI is InChI=1S/C10H16N4O2/c1-4-8(16-5-2)13-14-10(15)9-7(3)11-6-12-9/h6H,4-5H2,1-3H3,(H,11,12)(H,14,15). The number of aryl methyl sites for hydroxylation is 1. The fraction of sp³-hybridized carbons (Fsp3) is 0.500. The van der Waals surface area contributed by atoms with Crippen molar-refractivity contribution in [3.8, 4) is 0 Å². The maximum atomic E-state index is 11.6. The van der Waals surface area contributed by atoms with Gasteiger partial charge in [-0.1, -0.05) is 6.92 Å². The molecule has 0 radical (unpaired) electrons. The van der Waals surface area contributed by atoms with Crippen molar-refractivity contribution in [2.45, 2.75) is 27.2 Å². The highest BCUT2D eigenvalue weighted by Gasteiger charge is 2.10. The first-order valence-electron chi connectivity index (χ1n) is 5.18. The highest BCUT2D eigenvalue weighted by molar-refractivity contribution is 5.93. The SMILES string of the molecule is CCOC(CC)=NNC(=O)c1nc[nH]c1C. The average molecular weight is 224 g/mol. The Morgan fingerprint density at radius 1 is 1.62 bits per heavy atom. The Kier molecular flexibility index (Phi) is 4.50. The lowest BCUT2D eigenvalue weighted by atomic mass is 10.3. The van der Waals surface area contributed by atoms with E-state index in [1.807, 2.05) is 13.8 Å². The molecule has 16 heavy (non-hydrogen) atoms. The Labute approximate surface area is 94.1 Å². The number of hydrazone groups is 1. The van der Waals surface area contributed by atoms with E-state index in [9.17, 15) is 4.79 Å². The zero-order chi connectivity index (χ0) is 12.0. The van der Waals surface area contributed by atoms with Crippen molar-refractivity contribution in [1.29, 1.82) is 0 Å². The normalized spacial score (nSPS) is 11.3. The molecule has 0 aliphatic rings. The minimum absolute atomic E-state index is 0.343. The number of carbonyl (C=O) groups is 1. The first kappa shape index (κ1) is 12.2. The number of carbonyl (C=O) groups excluding carboxylic acids is 1. The van der Waals surface area contributed by atoms with Crippen LogP contribution in [0.5, 0.6) is 0 Å². The van der Waals surface area contributed by atoms with E-state index < -0.39 is 0 Å². The summed E-state index contributed by atoms with van der Waals surface area (Å²) in [6, 6.07) is 0. The van der Waals surface area contributed by atoms with Crippen molar-refractivity contribution in [2.24, 2.45) is 5.10 Å². The van der Waals surface area contributed by atoms with Crippen molar-refractivity contribution < 1.29 is 9.53 Å². The second-order valence-corrected chi connectivity index (χ2v) is 3.11. The molecule has 0 saturated carbocycles. The maximum absolute atomic E-state index is 11.6. The molecule has 0 unspecified atom stereocenters. The molecule has 1 amide bonds. The first-order valence-corrected chi connectivity index (χ1v) is 5.18. The van der Waals surface area contributed by atoms with E-state index in [0.29, 0.717) is 30.3 Å². The van der Waals surface area contributed by atoms with Crippen LogP contribution >= 0.6 is 0 Å². The van der Waals surface area contributed by atoms with Crippen molar-refractivity contribution in [3.05, 3.63) is 17.7 Å². The van der Waals surface area contributed by atoms with Gasteiger partial charge < -0.3 is 9.72 Å². The fourth-order valence-corrected chi connectivity index (χ4v) is 1.13. The van der Waals surface area contributed by atoms with Gasteiger partial charge in [0.1, 0.15) is 0 Å². The van der Waals surface area contributed by atoms with Crippen LogP contribution in [0.3, 0.4) is 0 Å². The first-order chi connectivity index (χ1) is 7.69. The molecular formula is C10H16N4O2. The second kappa shape index (κ2) is 5.89. The molecule has 0 aliphatic heterocycles. The molecule has 0 aromatic carbocycles. The number of aromatic amines is 1. The van der Waals surface area contributed by atoms with Crippen LogP contribution in [0.15, 0.2) is 11.4 Å². The predicted molar refractivity (Wildman–Crippen MR) is 60.1 cm³/mol. The van der Waals surface area contributed by atoms with E-state index >= 15 is 0 Å². The van der Waals surface area contributed by atoms with Crippen LogP contribution in [-0.2, 0) is 4.74 Å². The van der Waals surface area contributed by atoms with Gasteiger partial charge in [0.05, 0.1) is 12.9 Å². The molecule has 0 fully saturated rings. The molecule has 2 N–H and O–H groups in total. The number of rotatable bonds is 4. The Morgan fingerprint density at radius 3 is 2.88 bits per heavy atom. The smallest absolute Gasteiger partial charge is 0.291 e. The Morgan fingerprint density at radius 2 is 2.38 bits per heavy atom. The van der Waals surface area contributed by atoms with Gasteiger partial charge in [-0.05, 0) is 13.8 Å². The van der Waals surface area contributed by atoms with Crippen molar-refractivity contribution in [3.63, 3.8) is 0 Å². The molecule has 6 nitrogen and oxygen atoms in total. The topological polar surface area (TPSA) is 79.4 Å². The van der Waals surface area contributed by atoms with E-state index in [0.717, 1.165) is 0 Å². The Balaban J connectivity index is 2.61. The summed E-state index contributed by atoms with van der Waals surface area (Å²) in [4.78, 5) is 18.3. The van der Waals surface area contributed by atoms with Gasteiger partial charge in [0.25, 0.3) is 5.91 Å². The number of nitrogens with zero attached hydrogens (tertiary/aromatic N) is 2. The van der Waals surface area contributed by atoms with Gasteiger partial charge in [0.15, 0.2) is 5.69 Å². The highest BCUT2D eigenvalue weighted by atomic mass is 16.5. The lowest BCUT2D eigenvalue weighted by molar-refractivity contribution is 0.0947. The van der Waals surface area contributed by atoms with Crippen LogP contribution in [-0.4, -0.2) is 28.4 Å². The molecule has 1 rings (SSSR count). The van der Waals surface area contributed by atoms with Crippen LogP contribution in [0, 0.1) is 6.92 Å². The molecule has 0 bridgehead atoms. The largest absolute Gasteiger partial charge is 0.480 e. The molecule has 0 aliphatic carbocycles. The molecule has 6 heteroatoms. The summed E-state index contributed by atoms with van der Waals surface area (Å²) < 4.78 is 5.20. The number of hydrogen-bond acceptors (Lipinski definition) is 4. The van der Waals surface area contributed by atoms with Crippen molar-refractivity contribution in [2.75, 3.05) is 6.61 Å². The van der Waals surface area contributed by atoms with E-state index in [1.54, 1.807) is 6.92 Å². The number of amides is 1. The lowest BCUT2D eigenvalue weighted by Gasteiger charge is -2.04.